The second-order valence-corrected chi connectivity index (χ2v) is 11.2. The van der Waals surface area contributed by atoms with E-state index in [-0.39, 0.29) is 29.8 Å². The van der Waals surface area contributed by atoms with E-state index in [0.717, 1.165) is 34.1 Å². The standard InChI is InChI=1S/C26H23BrCl3NO2/c1-14-24-21(26(32,33-14)15-2-5-17(28)6-3-15)10-9-20(19-8-7-18(29)12-22(19)30)25(24)23-11-4-16(27)13-31-23/h2-8,11-14,20-21,24-25,32H,9-10H2,1H3/t14-,20+,21-,24-,25-,26?/m1/s1. The van der Waals surface area contributed by atoms with Crippen molar-refractivity contribution in [1.82, 2.24) is 4.98 Å². The molecule has 3 nitrogen and oxygen atoms in total. The molecule has 172 valence electrons. The molecule has 6 atom stereocenters. The van der Waals surface area contributed by atoms with Crippen molar-refractivity contribution >= 4 is 50.7 Å². The van der Waals surface area contributed by atoms with E-state index in [0.29, 0.717) is 15.1 Å². The normalized spacial score (nSPS) is 31.4. The van der Waals surface area contributed by atoms with E-state index < -0.39 is 5.79 Å². The van der Waals surface area contributed by atoms with Crippen LogP contribution >= 0.6 is 50.7 Å². The Morgan fingerprint density at radius 3 is 2.39 bits per heavy atom. The van der Waals surface area contributed by atoms with Gasteiger partial charge in [-0.2, -0.15) is 0 Å². The van der Waals surface area contributed by atoms with Gasteiger partial charge in [0, 0.05) is 54.7 Å². The fraction of sp³-hybridized carbons (Fsp3) is 0.346. The van der Waals surface area contributed by atoms with Crippen LogP contribution in [0.15, 0.2) is 65.3 Å². The van der Waals surface area contributed by atoms with Gasteiger partial charge in [0.05, 0.1) is 6.10 Å². The van der Waals surface area contributed by atoms with E-state index in [9.17, 15) is 5.11 Å². The first-order valence-electron chi connectivity index (χ1n) is 11.0. The van der Waals surface area contributed by atoms with Crippen molar-refractivity contribution in [1.29, 1.82) is 0 Å². The molecule has 3 aromatic rings. The zero-order valence-corrected chi connectivity index (χ0v) is 21.7. The molecule has 5 rings (SSSR count). The van der Waals surface area contributed by atoms with Crippen LogP contribution in [0.1, 0.15) is 48.4 Å². The van der Waals surface area contributed by atoms with Gasteiger partial charge in [-0.25, -0.2) is 0 Å². The monoisotopic (exact) mass is 565 g/mol. The van der Waals surface area contributed by atoms with Gasteiger partial charge in [0.15, 0.2) is 5.79 Å². The first-order valence-corrected chi connectivity index (χ1v) is 12.9. The summed E-state index contributed by atoms with van der Waals surface area (Å²) < 4.78 is 7.28. The number of aromatic nitrogens is 1. The lowest BCUT2D eigenvalue weighted by molar-refractivity contribution is -0.220. The van der Waals surface area contributed by atoms with Gasteiger partial charge in [-0.1, -0.05) is 53.0 Å². The summed E-state index contributed by atoms with van der Waals surface area (Å²) in [6, 6.07) is 17.1. The Morgan fingerprint density at radius 1 is 1.00 bits per heavy atom. The van der Waals surface area contributed by atoms with Crippen LogP contribution in [0.4, 0.5) is 0 Å². The molecule has 1 saturated carbocycles. The van der Waals surface area contributed by atoms with Gasteiger partial charge in [0.1, 0.15) is 0 Å². The van der Waals surface area contributed by atoms with Gasteiger partial charge in [0.2, 0.25) is 0 Å². The Balaban J connectivity index is 1.61. The highest BCUT2D eigenvalue weighted by Crippen LogP contribution is 2.60. The second kappa shape index (κ2) is 9.14. The minimum Gasteiger partial charge on any atom is -0.362 e. The van der Waals surface area contributed by atoms with E-state index in [1.165, 1.54) is 0 Å². The lowest BCUT2D eigenvalue weighted by atomic mass is 9.60. The Labute approximate surface area is 217 Å². The molecule has 0 amide bonds. The van der Waals surface area contributed by atoms with Crippen LogP contribution in [0.2, 0.25) is 15.1 Å². The molecule has 1 saturated heterocycles. The summed E-state index contributed by atoms with van der Waals surface area (Å²) in [5.41, 5.74) is 2.76. The van der Waals surface area contributed by atoms with Crippen molar-refractivity contribution < 1.29 is 9.84 Å². The average molecular weight is 568 g/mol. The number of rotatable bonds is 3. The van der Waals surface area contributed by atoms with Crippen molar-refractivity contribution in [3.63, 3.8) is 0 Å². The van der Waals surface area contributed by atoms with E-state index in [4.69, 9.17) is 44.5 Å². The summed E-state index contributed by atoms with van der Waals surface area (Å²) in [5.74, 6) is -1.27. The van der Waals surface area contributed by atoms with Gasteiger partial charge in [-0.15, -0.1) is 0 Å². The molecule has 33 heavy (non-hydrogen) atoms. The molecule has 1 N–H and O–H groups in total. The number of aliphatic hydroxyl groups is 1. The highest BCUT2D eigenvalue weighted by molar-refractivity contribution is 9.10. The highest BCUT2D eigenvalue weighted by atomic mass is 79.9. The van der Waals surface area contributed by atoms with Crippen molar-refractivity contribution in [3.05, 3.63) is 97.2 Å². The number of ether oxygens (including phenoxy) is 1. The summed E-state index contributed by atoms with van der Waals surface area (Å²) in [7, 11) is 0. The predicted molar refractivity (Wildman–Crippen MR) is 136 cm³/mol. The van der Waals surface area contributed by atoms with Crippen LogP contribution in [0, 0.1) is 11.8 Å². The van der Waals surface area contributed by atoms with Gasteiger partial charge < -0.3 is 9.84 Å². The van der Waals surface area contributed by atoms with E-state index in [1.807, 2.05) is 43.5 Å². The van der Waals surface area contributed by atoms with Crippen LogP contribution in [0.25, 0.3) is 0 Å². The summed E-state index contributed by atoms with van der Waals surface area (Å²) in [5, 5.41) is 13.7. The van der Waals surface area contributed by atoms with Gasteiger partial charge in [-0.3, -0.25) is 4.98 Å². The molecular weight excluding hydrogens is 545 g/mol. The zero-order valence-electron chi connectivity index (χ0n) is 17.9. The number of benzene rings is 2. The molecule has 2 aromatic carbocycles. The molecule has 2 heterocycles. The molecule has 2 fully saturated rings. The van der Waals surface area contributed by atoms with Crippen molar-refractivity contribution in [2.24, 2.45) is 11.8 Å². The highest BCUT2D eigenvalue weighted by Gasteiger charge is 2.59. The Bertz CT molecular complexity index is 1160. The fourth-order valence-electron chi connectivity index (χ4n) is 5.88. The number of nitrogens with zero attached hydrogens (tertiary/aromatic N) is 1. The molecule has 0 spiro atoms. The van der Waals surface area contributed by atoms with Gasteiger partial charge >= 0.3 is 0 Å². The lowest BCUT2D eigenvalue weighted by Crippen LogP contribution is -2.40. The topological polar surface area (TPSA) is 42.4 Å². The van der Waals surface area contributed by atoms with E-state index in [2.05, 4.69) is 22.0 Å². The minimum absolute atomic E-state index is 0.0202. The number of hydrogen-bond donors (Lipinski definition) is 1. The molecule has 1 aromatic heterocycles. The van der Waals surface area contributed by atoms with Crippen LogP contribution in [0.3, 0.4) is 0 Å². The summed E-state index contributed by atoms with van der Waals surface area (Å²) in [6.45, 7) is 2.04. The average Bonchev–Trinajstić information content (AvgIpc) is 3.05. The molecule has 1 unspecified atom stereocenters. The molecule has 1 aliphatic carbocycles. The van der Waals surface area contributed by atoms with Crippen molar-refractivity contribution in [3.8, 4) is 0 Å². The quantitative estimate of drug-likeness (QED) is 0.349. The van der Waals surface area contributed by atoms with Crippen LogP contribution < -0.4 is 0 Å². The number of pyridine rings is 1. The van der Waals surface area contributed by atoms with E-state index >= 15 is 0 Å². The third-order valence-electron chi connectivity index (χ3n) is 7.22. The van der Waals surface area contributed by atoms with Crippen LogP contribution in [0.5, 0.6) is 0 Å². The second-order valence-electron chi connectivity index (χ2n) is 8.99. The Hall–Kier alpha value is -1.14. The SMILES string of the molecule is C[C@H]1OC(O)(c2ccc(Cl)cc2)[C@@H]2CC[C@@H](c3ccc(Cl)cc3Cl)[C@H](c3ccc(Br)cn3)[C@@H]21. The first kappa shape index (κ1) is 23.6. The summed E-state index contributed by atoms with van der Waals surface area (Å²) in [4.78, 5) is 4.78. The first-order chi connectivity index (χ1) is 15.8. The van der Waals surface area contributed by atoms with E-state index in [1.54, 1.807) is 18.2 Å². The molecule has 2 aliphatic rings. The molecule has 0 radical (unpaired) electrons. The lowest BCUT2D eigenvalue weighted by Gasteiger charge is -2.43. The summed E-state index contributed by atoms with van der Waals surface area (Å²) >= 11 is 22.5. The zero-order chi connectivity index (χ0) is 23.3. The maximum atomic E-state index is 11.8. The molecule has 7 heteroatoms. The maximum absolute atomic E-state index is 11.8. The van der Waals surface area contributed by atoms with Crippen molar-refractivity contribution in [2.75, 3.05) is 0 Å². The number of fused-ring (bicyclic) bond motifs is 1. The Morgan fingerprint density at radius 2 is 1.73 bits per heavy atom. The maximum Gasteiger partial charge on any atom is 0.195 e. The third kappa shape index (κ3) is 4.24. The fourth-order valence-corrected chi connectivity index (χ4v) is 6.79. The van der Waals surface area contributed by atoms with Crippen LogP contribution in [-0.2, 0) is 10.5 Å². The minimum atomic E-state index is -1.38. The summed E-state index contributed by atoms with van der Waals surface area (Å²) in [6.07, 6.45) is 3.28. The smallest absolute Gasteiger partial charge is 0.195 e. The number of halogens is 4. The molecule has 0 bridgehead atoms. The Kier molecular flexibility index (Phi) is 6.54. The number of hydrogen-bond acceptors (Lipinski definition) is 3. The van der Waals surface area contributed by atoms with Crippen LogP contribution in [-0.4, -0.2) is 16.2 Å². The predicted octanol–water partition coefficient (Wildman–Crippen LogP) is 7.96. The third-order valence-corrected chi connectivity index (χ3v) is 8.51. The van der Waals surface area contributed by atoms with Crippen molar-refractivity contribution in [2.45, 2.75) is 43.5 Å². The molecule has 1 aliphatic heterocycles. The van der Waals surface area contributed by atoms with Gasteiger partial charge in [0.25, 0.3) is 0 Å². The molecular formula is C26H23BrCl3NO2. The van der Waals surface area contributed by atoms with Gasteiger partial charge in [-0.05, 0) is 83.6 Å². The largest absolute Gasteiger partial charge is 0.362 e.